The number of esters is 1. The Balaban J connectivity index is 0.000000171. The number of fused-ring (bicyclic) bond motifs is 8. The Morgan fingerprint density at radius 1 is 0.786 bits per heavy atom. The van der Waals surface area contributed by atoms with E-state index in [0.717, 1.165) is 28.7 Å². The van der Waals surface area contributed by atoms with Crippen molar-refractivity contribution >= 4 is 80.6 Å². The number of carbonyl (C=O) groups is 6. The minimum atomic E-state index is -2.42. The summed E-state index contributed by atoms with van der Waals surface area (Å²) in [6.07, 6.45) is -1.35. The Labute approximate surface area is 559 Å². The Morgan fingerprint density at radius 3 is 2.09 bits per heavy atom. The SMILES string of the molecule is CC1(C)OC2CC3C4C[C@H](F)C5=CC(=O)C=C[C@]5(C)[C@@]4(F)[C@@H](O)C[C@]3(C)C2(C(=O)COC(=O)CC(=O)n2c(=O)[nH]cc(F)c2=O)O1.COc1ccc2cc([C@H](C)C(=O)n3cc(F)c(=O)[nH]c3=O)ccc2c1.O=C(Cc1ccccc1Nc1c(Cl)cccc1Cl)n1cc(F)c(=O)[nH]c1=O. The fourth-order valence-corrected chi connectivity index (χ4v) is 14.5. The fraction of sp³-hybridized carbons (Fsp3) is 0.343. The van der Waals surface area contributed by atoms with Gasteiger partial charge in [0, 0.05) is 28.6 Å². The van der Waals surface area contributed by atoms with Crippen LogP contribution in [0.5, 0.6) is 5.75 Å². The second-order valence-electron chi connectivity index (χ2n) is 24.9. The molecule has 1 saturated heterocycles. The number of aromatic amines is 3. The van der Waals surface area contributed by atoms with Crippen LogP contribution >= 0.6 is 23.2 Å². The Bertz CT molecular complexity index is 4910. The molecule has 4 aliphatic carbocycles. The van der Waals surface area contributed by atoms with Gasteiger partial charge in [0.1, 0.15) is 18.3 Å². The number of aliphatic hydroxyl groups excluding tert-OH is 1. The second-order valence-corrected chi connectivity index (χ2v) is 25.7. The van der Waals surface area contributed by atoms with E-state index in [1.165, 1.54) is 13.0 Å². The summed E-state index contributed by atoms with van der Waals surface area (Å²) in [4.78, 5) is 151. The quantitative estimate of drug-likeness (QED) is 0.0448. The van der Waals surface area contributed by atoms with Gasteiger partial charge in [-0.25, -0.2) is 32.3 Å². The minimum absolute atomic E-state index is 0.0386. The van der Waals surface area contributed by atoms with E-state index in [0.29, 0.717) is 60.3 Å². The number of anilines is 2. The van der Waals surface area contributed by atoms with Gasteiger partial charge in [-0.15, -0.1) is 0 Å². The number of methoxy groups -OCH3 is 1. The molecule has 10 atom stereocenters. The van der Waals surface area contributed by atoms with Crippen molar-refractivity contribution in [2.45, 2.75) is 108 Å². The zero-order valence-electron chi connectivity index (χ0n) is 52.6. The number of aromatic nitrogens is 6. The molecule has 4 aromatic carbocycles. The van der Waals surface area contributed by atoms with Gasteiger partial charge in [0.05, 0.1) is 59.8 Å². The smallest absolute Gasteiger partial charge is 0.335 e. The molecular weight excluding hydrogens is 1340 g/mol. The van der Waals surface area contributed by atoms with Crippen molar-refractivity contribution in [1.82, 2.24) is 28.7 Å². The molecule has 4 unspecified atom stereocenters. The number of carbonyl (C=O) groups excluding carboxylic acids is 6. The number of H-pyrrole nitrogens is 3. The lowest BCUT2D eigenvalue weighted by atomic mass is 9.44. The largest absolute Gasteiger partial charge is 0.497 e. The molecule has 1 aliphatic heterocycles. The van der Waals surface area contributed by atoms with E-state index in [-0.39, 0.29) is 35.8 Å². The van der Waals surface area contributed by atoms with Gasteiger partial charge in [-0.2, -0.15) is 17.7 Å². The van der Waals surface area contributed by atoms with Crippen molar-refractivity contribution in [1.29, 1.82) is 0 Å². The van der Waals surface area contributed by atoms with Crippen LogP contribution in [0.4, 0.5) is 33.3 Å². The molecule has 0 radical (unpaired) electrons. The number of hydrogen-bond donors (Lipinski definition) is 5. The molecule has 24 nitrogen and oxygen atoms in total. The summed E-state index contributed by atoms with van der Waals surface area (Å²) >= 11 is 12.3. The molecule has 4 fully saturated rings. The Morgan fingerprint density at radius 2 is 1.42 bits per heavy atom. The second kappa shape index (κ2) is 26.9. The molecular formula is C67H60Cl2F5N7O17. The van der Waals surface area contributed by atoms with Crippen LogP contribution in [0.3, 0.4) is 0 Å². The number of alkyl halides is 2. The molecule has 5 aliphatic rings. The Kier molecular flexibility index (Phi) is 19.5. The molecule has 3 saturated carbocycles. The number of allylic oxidation sites excluding steroid dienone is 4. The summed E-state index contributed by atoms with van der Waals surface area (Å²) in [5.41, 5.74) is -12.3. The van der Waals surface area contributed by atoms with Gasteiger partial charge in [0.2, 0.25) is 41.0 Å². The number of ether oxygens (including phenoxy) is 4. The van der Waals surface area contributed by atoms with Crippen LogP contribution in [0.2, 0.25) is 10.0 Å². The number of para-hydroxylation sites is 2. The number of rotatable bonds is 12. The highest BCUT2D eigenvalue weighted by atomic mass is 35.5. The van der Waals surface area contributed by atoms with Gasteiger partial charge >= 0.3 is 23.0 Å². The topological polar surface area (TPSA) is 336 Å². The van der Waals surface area contributed by atoms with Crippen LogP contribution in [-0.4, -0.2) is 118 Å². The van der Waals surface area contributed by atoms with Gasteiger partial charge in [-0.3, -0.25) is 53.1 Å². The van der Waals surface area contributed by atoms with Crippen molar-refractivity contribution in [3.05, 3.63) is 222 Å². The molecule has 0 spiro atoms. The predicted octanol–water partition coefficient (Wildman–Crippen LogP) is 7.53. The molecule has 0 amide bonds. The lowest BCUT2D eigenvalue weighted by molar-refractivity contribution is -0.249. The summed E-state index contributed by atoms with van der Waals surface area (Å²) in [5, 5.41) is 17.3. The Hall–Kier alpha value is -9.81. The van der Waals surface area contributed by atoms with Gasteiger partial charge in [0.15, 0.2) is 29.4 Å². The normalized spacial score (nSPS) is 24.9. The molecule has 514 valence electrons. The standard InChI is InChI=1S/C31H33F3N2O10.C18H12Cl2FN3O3.C18H15FN2O4/c1-27(2)45-22-9-15-16-8-18(32)17-7-14(37)5-6-28(17,3)30(16,34)20(38)11-29(15,4)31(22,46-27)21(39)13-44-24(41)10-23(40)36-25(42)19(33)12-35-26(36)43;19-11-5-3-6-12(20)16(11)22-14-7-2-1-4-10(14)8-15(25)24-9-13(21)17(26)23-18(24)27;1-10(17(23)21-9-15(19)16(22)20-18(21)24)11-3-4-13-8-14(25-2)6-5-12(13)7-11/h5-7,12,15-16,18,20,22,38H,8-11,13H2,1-4H3,(H,35,43);1-7,9,22H,8H2,(H,23,26,27);3-10H,1-2H3,(H,20,22,24)/t15?,16?,18-,20-,22?,28-,29-,30-,31?;;10-/m0.0/s1. The molecule has 5 N–H and O–H groups in total. The number of nitrogens with zero attached hydrogens (tertiary/aromatic N) is 3. The summed E-state index contributed by atoms with van der Waals surface area (Å²) in [6.45, 7) is 6.82. The predicted molar refractivity (Wildman–Crippen MR) is 342 cm³/mol. The minimum Gasteiger partial charge on any atom is -0.497 e. The van der Waals surface area contributed by atoms with Crippen molar-refractivity contribution in [2.24, 2.45) is 22.7 Å². The van der Waals surface area contributed by atoms with E-state index in [2.05, 4.69) is 5.32 Å². The molecule has 7 aromatic rings. The van der Waals surface area contributed by atoms with Crippen molar-refractivity contribution in [2.75, 3.05) is 19.0 Å². The number of hydrogen-bond acceptors (Lipinski definition) is 18. The molecule has 3 aromatic heterocycles. The van der Waals surface area contributed by atoms with E-state index in [4.69, 9.17) is 42.1 Å². The third kappa shape index (κ3) is 12.8. The van der Waals surface area contributed by atoms with E-state index in [1.807, 2.05) is 29.2 Å². The van der Waals surface area contributed by atoms with Crippen LogP contribution in [0, 0.1) is 40.1 Å². The fourth-order valence-electron chi connectivity index (χ4n) is 14.0. The summed E-state index contributed by atoms with van der Waals surface area (Å²) < 4.78 is 97.4. The molecule has 98 heavy (non-hydrogen) atoms. The number of benzene rings is 4. The van der Waals surface area contributed by atoms with Crippen LogP contribution in [0.1, 0.15) is 91.7 Å². The van der Waals surface area contributed by atoms with Crippen LogP contribution in [0.15, 0.2) is 150 Å². The number of ketones is 2. The number of nitrogens with one attached hydrogen (secondary N) is 4. The lowest BCUT2D eigenvalue weighted by Crippen LogP contribution is -2.71. The summed E-state index contributed by atoms with van der Waals surface area (Å²) in [6, 6.07) is 22.8. The molecule has 0 bridgehead atoms. The van der Waals surface area contributed by atoms with Gasteiger partial charge in [-0.1, -0.05) is 84.7 Å². The number of halogens is 7. The highest BCUT2D eigenvalue weighted by Crippen LogP contribution is 2.72. The maximum Gasteiger partial charge on any atom is 0.335 e. The summed E-state index contributed by atoms with van der Waals surface area (Å²) in [5.74, 6) is -12.4. The molecule has 31 heteroatoms. The van der Waals surface area contributed by atoms with Crippen molar-refractivity contribution in [3.63, 3.8) is 0 Å². The third-order valence-electron chi connectivity index (χ3n) is 18.7. The molecule has 4 heterocycles. The maximum absolute atomic E-state index is 17.5. The van der Waals surface area contributed by atoms with Crippen molar-refractivity contribution in [3.8, 4) is 5.75 Å². The van der Waals surface area contributed by atoms with E-state index in [9.17, 15) is 75.8 Å². The number of aliphatic hydroxyl groups is 1. The number of Topliss-reactive ketones (excluding diaryl/α,β-unsaturated/α-hetero) is 1. The monoisotopic (exact) mass is 1400 g/mol. The third-order valence-corrected chi connectivity index (χ3v) is 19.3. The van der Waals surface area contributed by atoms with Crippen LogP contribution in [-0.2, 0) is 35.0 Å². The average Bonchev–Trinajstić information content (AvgIpc) is 1.43. The molecule has 12 rings (SSSR count). The highest BCUT2D eigenvalue weighted by Gasteiger charge is 2.80. The first-order valence-corrected chi connectivity index (χ1v) is 30.9. The van der Waals surface area contributed by atoms with E-state index in [1.54, 1.807) is 99.4 Å². The first-order chi connectivity index (χ1) is 46.1. The zero-order valence-corrected chi connectivity index (χ0v) is 54.2. The maximum atomic E-state index is 17.5. The van der Waals surface area contributed by atoms with E-state index >= 15 is 8.78 Å². The first-order valence-electron chi connectivity index (χ1n) is 30.1. The highest BCUT2D eigenvalue weighted by molar-refractivity contribution is 6.39. The van der Waals surface area contributed by atoms with Crippen molar-refractivity contribution < 1.29 is 74.8 Å². The van der Waals surface area contributed by atoms with Gasteiger partial charge in [-0.05, 0) is 123 Å². The lowest BCUT2D eigenvalue weighted by Gasteiger charge is -2.63. The van der Waals surface area contributed by atoms with Gasteiger partial charge in [0.25, 0.3) is 16.7 Å². The average molecular weight is 1400 g/mol. The van der Waals surface area contributed by atoms with Crippen LogP contribution in [0.25, 0.3) is 10.8 Å². The van der Waals surface area contributed by atoms with E-state index < -0.39 is 164 Å². The zero-order chi connectivity index (χ0) is 71.5. The first kappa shape index (κ1) is 71.0. The summed E-state index contributed by atoms with van der Waals surface area (Å²) in [7, 11) is 1.58. The van der Waals surface area contributed by atoms with Gasteiger partial charge < -0.3 is 34.4 Å². The van der Waals surface area contributed by atoms with Crippen LogP contribution < -0.4 is 43.8 Å².